The van der Waals surface area contributed by atoms with Crippen LogP contribution < -0.4 is 0 Å². The van der Waals surface area contributed by atoms with E-state index in [-0.39, 0.29) is 5.82 Å². The second-order valence-corrected chi connectivity index (χ2v) is 5.49. The molecule has 0 saturated carbocycles. The molecule has 1 saturated heterocycles. The van der Waals surface area contributed by atoms with Gasteiger partial charge in [-0.3, -0.25) is 4.90 Å². The Hall–Kier alpha value is -0.410. The summed E-state index contributed by atoms with van der Waals surface area (Å²) in [7, 11) is 0. The number of rotatable bonds is 2. The third-order valence-corrected chi connectivity index (χ3v) is 3.67. The Balaban J connectivity index is 2.07. The quantitative estimate of drug-likeness (QED) is 0.748. The first kappa shape index (κ1) is 11.1. The van der Waals surface area contributed by atoms with Crippen LogP contribution >= 0.6 is 15.9 Å². The molecule has 0 aromatic heterocycles. The molecule has 0 radical (unpaired) electrons. The fourth-order valence-corrected chi connectivity index (χ4v) is 2.59. The average Bonchev–Trinajstić information content (AvgIpc) is 2.58. The molecule has 1 unspecified atom stereocenters. The summed E-state index contributed by atoms with van der Waals surface area (Å²) >= 11 is 3.61. The van der Waals surface area contributed by atoms with E-state index in [1.165, 1.54) is 18.1 Å². The highest BCUT2D eigenvalue weighted by molar-refractivity contribution is 9.09. The first-order chi connectivity index (χ1) is 7.15. The van der Waals surface area contributed by atoms with E-state index in [0.717, 1.165) is 25.2 Å². The maximum absolute atomic E-state index is 13.1. The molecule has 1 aromatic carbocycles. The highest BCUT2D eigenvalue weighted by Gasteiger charge is 2.20. The van der Waals surface area contributed by atoms with Crippen LogP contribution in [0, 0.1) is 12.7 Å². The van der Waals surface area contributed by atoms with Crippen LogP contribution in [0.2, 0.25) is 0 Å². The number of hydrogen-bond donors (Lipinski definition) is 0. The molecule has 3 heteroatoms. The van der Waals surface area contributed by atoms with Gasteiger partial charge in [-0.2, -0.15) is 0 Å². The van der Waals surface area contributed by atoms with Gasteiger partial charge < -0.3 is 0 Å². The van der Waals surface area contributed by atoms with Crippen LogP contribution in [0.3, 0.4) is 0 Å². The van der Waals surface area contributed by atoms with Crippen LogP contribution in [0.5, 0.6) is 0 Å². The molecule has 1 atom stereocenters. The van der Waals surface area contributed by atoms with Crippen LogP contribution in [0.1, 0.15) is 17.5 Å². The van der Waals surface area contributed by atoms with Crippen molar-refractivity contribution in [3.05, 3.63) is 35.1 Å². The molecule has 2 rings (SSSR count). The van der Waals surface area contributed by atoms with Gasteiger partial charge in [-0.05, 0) is 43.1 Å². The molecule has 15 heavy (non-hydrogen) atoms. The van der Waals surface area contributed by atoms with E-state index in [1.807, 2.05) is 13.0 Å². The number of nitrogens with zero attached hydrogens (tertiary/aromatic N) is 1. The molecule has 82 valence electrons. The monoisotopic (exact) mass is 271 g/mol. The van der Waals surface area contributed by atoms with Crippen molar-refractivity contribution in [3.8, 4) is 0 Å². The zero-order valence-electron chi connectivity index (χ0n) is 8.84. The van der Waals surface area contributed by atoms with Crippen molar-refractivity contribution in [2.24, 2.45) is 0 Å². The minimum atomic E-state index is -0.134. The van der Waals surface area contributed by atoms with Crippen molar-refractivity contribution >= 4 is 15.9 Å². The van der Waals surface area contributed by atoms with Crippen LogP contribution in [0.15, 0.2) is 18.2 Å². The van der Waals surface area contributed by atoms with Gasteiger partial charge in [0.1, 0.15) is 5.82 Å². The maximum atomic E-state index is 13.1. The highest BCUT2D eigenvalue weighted by atomic mass is 79.9. The Morgan fingerprint density at radius 3 is 3.00 bits per heavy atom. The van der Waals surface area contributed by atoms with Gasteiger partial charge in [0, 0.05) is 17.9 Å². The Kier molecular flexibility index (Phi) is 3.42. The van der Waals surface area contributed by atoms with Crippen LogP contribution in [0.25, 0.3) is 0 Å². The lowest BCUT2D eigenvalue weighted by Crippen LogP contribution is -2.20. The first-order valence-corrected chi connectivity index (χ1v) is 6.18. The van der Waals surface area contributed by atoms with Gasteiger partial charge in [0.15, 0.2) is 0 Å². The predicted molar refractivity (Wildman–Crippen MR) is 63.7 cm³/mol. The summed E-state index contributed by atoms with van der Waals surface area (Å²) in [4.78, 5) is 2.97. The summed E-state index contributed by atoms with van der Waals surface area (Å²) < 4.78 is 13.1. The molecule has 0 aliphatic carbocycles. The van der Waals surface area contributed by atoms with Gasteiger partial charge >= 0.3 is 0 Å². The van der Waals surface area contributed by atoms with E-state index in [9.17, 15) is 4.39 Å². The van der Waals surface area contributed by atoms with E-state index in [1.54, 1.807) is 6.07 Å². The van der Waals surface area contributed by atoms with Crippen molar-refractivity contribution in [1.29, 1.82) is 0 Å². The fraction of sp³-hybridized carbons (Fsp3) is 0.500. The van der Waals surface area contributed by atoms with Gasteiger partial charge in [-0.1, -0.05) is 22.0 Å². The normalized spacial score (nSPS) is 22.2. The molecule has 1 fully saturated rings. The van der Waals surface area contributed by atoms with E-state index in [4.69, 9.17) is 0 Å². The first-order valence-electron chi connectivity index (χ1n) is 5.26. The Bertz CT molecular complexity index is 353. The molecular formula is C12H15BrFN. The van der Waals surface area contributed by atoms with E-state index in [2.05, 4.69) is 20.8 Å². The summed E-state index contributed by atoms with van der Waals surface area (Å²) in [6.45, 7) is 5.07. The van der Waals surface area contributed by atoms with Crippen LogP contribution in [-0.4, -0.2) is 22.8 Å². The predicted octanol–water partition coefficient (Wildman–Crippen LogP) is 3.10. The number of alkyl halides is 1. The Morgan fingerprint density at radius 2 is 2.33 bits per heavy atom. The van der Waals surface area contributed by atoms with Gasteiger partial charge in [0.2, 0.25) is 0 Å². The largest absolute Gasteiger partial charge is 0.298 e. The minimum absolute atomic E-state index is 0.134. The van der Waals surface area contributed by atoms with Crippen molar-refractivity contribution in [2.45, 2.75) is 24.7 Å². The third-order valence-electron chi connectivity index (χ3n) is 2.92. The lowest BCUT2D eigenvalue weighted by Gasteiger charge is -2.16. The third kappa shape index (κ3) is 2.79. The van der Waals surface area contributed by atoms with Crippen LogP contribution in [-0.2, 0) is 6.54 Å². The summed E-state index contributed by atoms with van der Waals surface area (Å²) in [5.74, 6) is -0.134. The van der Waals surface area contributed by atoms with Gasteiger partial charge in [-0.25, -0.2) is 4.39 Å². The SMILES string of the molecule is Cc1ccc(F)cc1CN1CCC(Br)C1. The van der Waals surface area contributed by atoms with E-state index in [0.29, 0.717) is 4.83 Å². The van der Waals surface area contributed by atoms with Gasteiger partial charge in [-0.15, -0.1) is 0 Å². The van der Waals surface area contributed by atoms with E-state index < -0.39 is 0 Å². The maximum Gasteiger partial charge on any atom is 0.123 e. The number of likely N-dealkylation sites (tertiary alicyclic amines) is 1. The molecule has 0 N–H and O–H groups in total. The summed E-state index contributed by atoms with van der Waals surface area (Å²) in [6, 6.07) is 5.03. The van der Waals surface area contributed by atoms with Crippen molar-refractivity contribution in [1.82, 2.24) is 4.90 Å². The topological polar surface area (TPSA) is 3.24 Å². The zero-order chi connectivity index (χ0) is 10.8. The number of aryl methyl sites for hydroxylation is 1. The molecular weight excluding hydrogens is 257 g/mol. The fourth-order valence-electron chi connectivity index (χ4n) is 1.98. The van der Waals surface area contributed by atoms with Gasteiger partial charge in [0.25, 0.3) is 0 Å². The standard InChI is InChI=1S/C12H15BrFN/c1-9-2-3-12(14)6-10(9)7-15-5-4-11(13)8-15/h2-3,6,11H,4-5,7-8H2,1H3. The van der Waals surface area contributed by atoms with Crippen molar-refractivity contribution in [2.75, 3.05) is 13.1 Å². The average molecular weight is 272 g/mol. The Morgan fingerprint density at radius 1 is 1.53 bits per heavy atom. The number of halogens is 2. The molecule has 1 heterocycles. The molecule has 0 spiro atoms. The number of benzene rings is 1. The number of hydrogen-bond acceptors (Lipinski definition) is 1. The summed E-state index contributed by atoms with van der Waals surface area (Å²) in [5.41, 5.74) is 2.28. The molecule has 0 bridgehead atoms. The summed E-state index contributed by atoms with van der Waals surface area (Å²) in [6.07, 6.45) is 1.19. The second-order valence-electron chi connectivity index (χ2n) is 4.19. The molecule has 1 aliphatic heterocycles. The van der Waals surface area contributed by atoms with Crippen LogP contribution in [0.4, 0.5) is 4.39 Å². The highest BCUT2D eigenvalue weighted by Crippen LogP contribution is 2.20. The van der Waals surface area contributed by atoms with E-state index >= 15 is 0 Å². The van der Waals surface area contributed by atoms with Crippen molar-refractivity contribution in [3.63, 3.8) is 0 Å². The second kappa shape index (κ2) is 4.62. The zero-order valence-corrected chi connectivity index (χ0v) is 10.4. The Labute approximate surface area is 98.4 Å². The summed E-state index contributed by atoms with van der Waals surface area (Å²) in [5, 5.41) is 0. The minimum Gasteiger partial charge on any atom is -0.298 e. The molecule has 1 aliphatic rings. The molecule has 1 aromatic rings. The molecule has 0 amide bonds. The lowest BCUT2D eigenvalue weighted by atomic mass is 10.1. The lowest BCUT2D eigenvalue weighted by molar-refractivity contribution is 0.331. The smallest absolute Gasteiger partial charge is 0.123 e. The van der Waals surface area contributed by atoms with Gasteiger partial charge in [0.05, 0.1) is 0 Å². The van der Waals surface area contributed by atoms with Crippen molar-refractivity contribution < 1.29 is 4.39 Å². The molecule has 1 nitrogen and oxygen atoms in total.